The summed E-state index contributed by atoms with van der Waals surface area (Å²) in [6, 6.07) is 0. The van der Waals surface area contributed by atoms with Crippen LogP contribution in [0.5, 0.6) is 0 Å². The van der Waals surface area contributed by atoms with Crippen LogP contribution in [0.3, 0.4) is 0 Å². The predicted octanol–water partition coefficient (Wildman–Crippen LogP) is 0.668. The van der Waals surface area contributed by atoms with Gasteiger partial charge < -0.3 is 10.2 Å². The van der Waals surface area contributed by atoms with Crippen LogP contribution in [0.15, 0.2) is 11.1 Å². The van der Waals surface area contributed by atoms with Crippen molar-refractivity contribution in [2.45, 2.75) is 6.42 Å². The molecule has 0 radical (unpaired) electrons. The quantitative estimate of drug-likeness (QED) is 0.602. The van der Waals surface area contributed by atoms with Crippen molar-refractivity contribution < 1.29 is 19.8 Å². The minimum atomic E-state index is -1.32. The lowest BCUT2D eigenvalue weighted by Gasteiger charge is -1.86. The molecule has 0 rings (SSSR count). The third-order valence-corrected chi connectivity index (χ3v) is 0.976. The molecule has 0 unspecified atom stereocenters. The number of halogens is 1. The predicted molar refractivity (Wildman–Crippen MR) is 33.8 cm³/mol. The van der Waals surface area contributed by atoms with Crippen molar-refractivity contribution in [3.8, 4) is 0 Å². The number of carbonyl (C=O) groups is 2. The summed E-state index contributed by atoms with van der Waals surface area (Å²) in [5.74, 6) is -2.43. The molecule has 2 N–H and O–H groups in total. The number of aliphatic carboxylic acids is 2. The van der Waals surface area contributed by atoms with Gasteiger partial charge in [0.05, 0.1) is 6.42 Å². The fourth-order valence-electron chi connectivity index (χ4n) is 0.264. The Morgan fingerprint density at radius 2 is 1.90 bits per heavy atom. The summed E-state index contributed by atoms with van der Waals surface area (Å²) in [6.07, 6.45) is 0.553. The van der Waals surface area contributed by atoms with E-state index in [1.807, 2.05) is 0 Å². The monoisotopic (exact) mass is 164 g/mol. The van der Waals surface area contributed by atoms with Gasteiger partial charge in [-0.1, -0.05) is 11.6 Å². The first-order chi connectivity index (χ1) is 4.54. The molecule has 0 aromatic heterocycles. The van der Waals surface area contributed by atoms with Gasteiger partial charge in [-0.05, 0) is 6.08 Å². The van der Waals surface area contributed by atoms with Gasteiger partial charge in [0.25, 0.3) is 0 Å². The normalized spacial score (nSPS) is 11.1. The molecule has 0 bridgehead atoms. The van der Waals surface area contributed by atoms with Crippen LogP contribution in [0.1, 0.15) is 6.42 Å². The van der Waals surface area contributed by atoms with Crippen molar-refractivity contribution in [2.75, 3.05) is 0 Å². The first kappa shape index (κ1) is 8.97. The van der Waals surface area contributed by atoms with E-state index in [0.717, 1.165) is 6.08 Å². The molecule has 0 saturated carbocycles. The Kier molecular flexibility index (Phi) is 3.49. The molecule has 0 aromatic carbocycles. The van der Waals surface area contributed by atoms with Crippen molar-refractivity contribution in [3.05, 3.63) is 11.1 Å². The summed E-state index contributed by atoms with van der Waals surface area (Å²) in [4.78, 5) is 19.7. The van der Waals surface area contributed by atoms with E-state index >= 15 is 0 Å². The standard InChI is InChI=1S/C5H5ClO4/c6-3(5(9)10)1-2-4(7)8/h1H,2H2,(H,7,8)(H,9,10). The summed E-state index contributed by atoms with van der Waals surface area (Å²) in [5, 5.41) is 15.7. The van der Waals surface area contributed by atoms with Gasteiger partial charge in [0.15, 0.2) is 0 Å². The molecule has 5 heteroatoms. The van der Waals surface area contributed by atoms with Crippen molar-refractivity contribution in [1.82, 2.24) is 0 Å². The van der Waals surface area contributed by atoms with Gasteiger partial charge >= 0.3 is 11.9 Å². The lowest BCUT2D eigenvalue weighted by Crippen LogP contribution is -1.96. The van der Waals surface area contributed by atoms with Crippen molar-refractivity contribution in [3.63, 3.8) is 0 Å². The Morgan fingerprint density at radius 3 is 2.20 bits per heavy atom. The summed E-state index contributed by atoms with van der Waals surface area (Å²) >= 11 is 5.06. The Labute approximate surface area is 61.7 Å². The van der Waals surface area contributed by atoms with Crippen LogP contribution in [0, 0.1) is 0 Å². The second kappa shape index (κ2) is 3.90. The number of hydrogen-bond donors (Lipinski definition) is 2. The largest absolute Gasteiger partial charge is 0.481 e. The molecule has 0 spiro atoms. The number of rotatable bonds is 3. The molecule has 0 fully saturated rings. The molecule has 10 heavy (non-hydrogen) atoms. The van der Waals surface area contributed by atoms with Crippen LogP contribution < -0.4 is 0 Å². The highest BCUT2D eigenvalue weighted by atomic mass is 35.5. The van der Waals surface area contributed by atoms with Crippen LogP contribution in [-0.4, -0.2) is 22.2 Å². The third-order valence-electron chi connectivity index (χ3n) is 0.660. The molecule has 0 aromatic rings. The maximum Gasteiger partial charge on any atom is 0.346 e. The second-order valence-electron chi connectivity index (χ2n) is 1.46. The van der Waals surface area contributed by atoms with Crippen LogP contribution in [0.25, 0.3) is 0 Å². The highest BCUT2D eigenvalue weighted by molar-refractivity contribution is 6.40. The first-order valence-electron chi connectivity index (χ1n) is 2.34. The van der Waals surface area contributed by atoms with E-state index < -0.39 is 17.0 Å². The summed E-state index contributed by atoms with van der Waals surface area (Å²) in [7, 11) is 0. The fourth-order valence-corrected chi connectivity index (χ4v) is 0.341. The summed E-state index contributed by atoms with van der Waals surface area (Å²) in [5.41, 5.74) is 0. The highest BCUT2D eigenvalue weighted by Crippen LogP contribution is 2.01. The SMILES string of the molecule is O=C(O)CC=C(Cl)C(=O)O. The van der Waals surface area contributed by atoms with Crippen LogP contribution in [-0.2, 0) is 9.59 Å². The number of carboxylic acid groups (broad SMARTS) is 2. The van der Waals surface area contributed by atoms with Crippen LogP contribution in [0.4, 0.5) is 0 Å². The molecular weight excluding hydrogens is 160 g/mol. The average molecular weight is 165 g/mol. The van der Waals surface area contributed by atoms with Gasteiger partial charge in [-0.2, -0.15) is 0 Å². The summed E-state index contributed by atoms with van der Waals surface area (Å²) < 4.78 is 0. The zero-order valence-electron chi connectivity index (χ0n) is 4.87. The Balaban J connectivity index is 3.92. The van der Waals surface area contributed by atoms with Gasteiger partial charge in [0.1, 0.15) is 5.03 Å². The smallest absolute Gasteiger partial charge is 0.346 e. The molecular formula is C5H5ClO4. The van der Waals surface area contributed by atoms with Crippen LogP contribution in [0.2, 0.25) is 0 Å². The van der Waals surface area contributed by atoms with Crippen molar-refractivity contribution in [1.29, 1.82) is 0 Å². The zero-order chi connectivity index (χ0) is 8.15. The lowest BCUT2D eigenvalue weighted by atomic mass is 10.4. The van der Waals surface area contributed by atoms with Gasteiger partial charge in [-0.3, -0.25) is 4.79 Å². The second-order valence-corrected chi connectivity index (χ2v) is 1.86. The third kappa shape index (κ3) is 3.91. The molecule has 56 valence electrons. The zero-order valence-corrected chi connectivity index (χ0v) is 5.63. The molecule has 0 amide bonds. The number of carboxylic acids is 2. The molecule has 0 heterocycles. The minimum absolute atomic E-state index is 0.370. The molecule has 0 aliphatic rings. The Bertz CT molecular complexity index is 184. The van der Waals surface area contributed by atoms with E-state index in [-0.39, 0.29) is 6.42 Å². The molecule has 0 aliphatic heterocycles. The van der Waals surface area contributed by atoms with E-state index in [9.17, 15) is 9.59 Å². The highest BCUT2D eigenvalue weighted by Gasteiger charge is 2.02. The van der Waals surface area contributed by atoms with E-state index in [0.29, 0.717) is 0 Å². The van der Waals surface area contributed by atoms with Gasteiger partial charge in [-0.25, -0.2) is 4.79 Å². The fraction of sp³-hybridized carbons (Fsp3) is 0.200. The van der Waals surface area contributed by atoms with Crippen molar-refractivity contribution in [2.24, 2.45) is 0 Å². The molecule has 4 nitrogen and oxygen atoms in total. The van der Waals surface area contributed by atoms with Crippen molar-refractivity contribution >= 4 is 23.5 Å². The van der Waals surface area contributed by atoms with Gasteiger partial charge in [0.2, 0.25) is 0 Å². The van der Waals surface area contributed by atoms with Gasteiger partial charge in [0, 0.05) is 0 Å². The first-order valence-corrected chi connectivity index (χ1v) is 2.72. The average Bonchev–Trinajstić information content (AvgIpc) is 1.82. The van der Waals surface area contributed by atoms with Crippen LogP contribution >= 0.6 is 11.6 Å². The maximum atomic E-state index is 9.92. The topological polar surface area (TPSA) is 74.6 Å². The number of hydrogen-bond acceptors (Lipinski definition) is 2. The summed E-state index contributed by atoms with van der Waals surface area (Å²) in [6.45, 7) is 0. The van der Waals surface area contributed by atoms with E-state index in [2.05, 4.69) is 0 Å². The van der Waals surface area contributed by atoms with Gasteiger partial charge in [-0.15, -0.1) is 0 Å². The molecule has 0 saturated heterocycles. The molecule has 0 aliphatic carbocycles. The molecule has 0 atom stereocenters. The lowest BCUT2D eigenvalue weighted by molar-refractivity contribution is -0.136. The van der Waals surface area contributed by atoms with E-state index in [1.54, 1.807) is 0 Å². The maximum absolute atomic E-state index is 9.92. The van der Waals surface area contributed by atoms with E-state index in [4.69, 9.17) is 21.8 Å². The minimum Gasteiger partial charge on any atom is -0.481 e. The Hall–Kier alpha value is -1.03. The Morgan fingerprint density at radius 1 is 1.40 bits per heavy atom. The van der Waals surface area contributed by atoms with E-state index in [1.165, 1.54) is 0 Å².